The molecule has 0 bridgehead atoms. The van der Waals surface area contributed by atoms with E-state index in [-0.39, 0.29) is 0 Å². The van der Waals surface area contributed by atoms with Crippen LogP contribution in [-0.2, 0) is 15.5 Å². The molecule has 1 N–H and O–H groups in total. The molecule has 0 aliphatic carbocycles. The first-order valence-electron chi connectivity index (χ1n) is 5.38. The van der Waals surface area contributed by atoms with Crippen LogP contribution in [0, 0.1) is 11.3 Å². The van der Waals surface area contributed by atoms with Crippen LogP contribution in [0.3, 0.4) is 0 Å². The highest BCUT2D eigenvalue weighted by molar-refractivity contribution is 7.74. The first-order valence-corrected chi connectivity index (χ1v) is 6.41. The van der Waals surface area contributed by atoms with Gasteiger partial charge in [0, 0.05) is 0 Å². The number of unbranched alkanes of at least 4 members (excludes halogenated alkanes) is 5. The van der Waals surface area contributed by atoms with Gasteiger partial charge in [-0.3, -0.25) is 4.55 Å². The van der Waals surface area contributed by atoms with Crippen molar-refractivity contribution >= 4 is 11.4 Å². The second-order valence-corrected chi connectivity index (χ2v) is 4.11. The van der Waals surface area contributed by atoms with E-state index in [1.165, 1.54) is 19.3 Å². The van der Waals surface area contributed by atoms with Crippen LogP contribution in [0.5, 0.6) is 0 Å². The molecule has 2 unspecified atom stereocenters. The van der Waals surface area contributed by atoms with E-state index in [2.05, 4.69) is 11.1 Å². The van der Waals surface area contributed by atoms with E-state index in [1.54, 1.807) is 0 Å². The average molecular weight is 233 g/mol. The Labute approximate surface area is 94.1 Å². The number of nitriles is 1. The molecule has 0 heterocycles. The van der Waals surface area contributed by atoms with Crippen molar-refractivity contribution in [1.82, 2.24) is 0 Å². The molecule has 0 aromatic carbocycles. The third kappa shape index (κ3) is 9.85. The summed E-state index contributed by atoms with van der Waals surface area (Å²) in [4.78, 5) is 0. The maximum absolute atomic E-state index is 10.3. The van der Waals surface area contributed by atoms with Crippen molar-refractivity contribution in [2.24, 2.45) is 0 Å². The Morgan fingerprint density at radius 1 is 1.33 bits per heavy atom. The molecule has 0 fully saturated rings. The van der Waals surface area contributed by atoms with E-state index >= 15 is 0 Å². The Kier molecular flexibility index (Phi) is 9.79. The molecule has 0 aliphatic heterocycles. The molecule has 0 saturated carbocycles. The van der Waals surface area contributed by atoms with E-state index in [9.17, 15) is 4.21 Å². The summed E-state index contributed by atoms with van der Waals surface area (Å²) in [5.41, 5.74) is 0. The van der Waals surface area contributed by atoms with Crippen LogP contribution < -0.4 is 0 Å². The van der Waals surface area contributed by atoms with Crippen LogP contribution in [0.4, 0.5) is 0 Å². The lowest BCUT2D eigenvalue weighted by Crippen LogP contribution is -2.11. The van der Waals surface area contributed by atoms with Crippen LogP contribution >= 0.6 is 0 Å². The number of hydrogen-bond acceptors (Lipinski definition) is 3. The predicted octanol–water partition coefficient (Wildman–Crippen LogP) is 2.78. The van der Waals surface area contributed by atoms with Crippen molar-refractivity contribution in [3.63, 3.8) is 0 Å². The maximum Gasteiger partial charge on any atom is 0.303 e. The fraction of sp³-hybridized carbons (Fsp3) is 0.900. The largest absolute Gasteiger partial charge is 0.303 e. The van der Waals surface area contributed by atoms with Crippen molar-refractivity contribution in [2.45, 2.75) is 58.0 Å². The molecular formula is C10H19NO3S. The highest BCUT2D eigenvalue weighted by Gasteiger charge is 2.10. The summed E-state index contributed by atoms with van der Waals surface area (Å²) < 4.78 is 23.2. The summed E-state index contributed by atoms with van der Waals surface area (Å²) >= 11 is -2.33. The minimum Gasteiger partial charge on any atom is -0.284 e. The van der Waals surface area contributed by atoms with Crippen LogP contribution in [0.25, 0.3) is 0 Å². The minimum atomic E-state index is -2.33. The Morgan fingerprint density at radius 3 is 2.47 bits per heavy atom. The van der Waals surface area contributed by atoms with E-state index in [4.69, 9.17) is 9.81 Å². The van der Waals surface area contributed by atoms with Gasteiger partial charge in [-0.05, 0) is 12.8 Å². The molecule has 2 atom stereocenters. The molecule has 0 radical (unpaired) electrons. The molecule has 0 spiro atoms. The fourth-order valence-corrected chi connectivity index (χ4v) is 1.68. The topological polar surface area (TPSA) is 70.3 Å². The smallest absolute Gasteiger partial charge is 0.284 e. The van der Waals surface area contributed by atoms with Gasteiger partial charge in [0.05, 0.1) is 6.07 Å². The van der Waals surface area contributed by atoms with Gasteiger partial charge in [-0.25, -0.2) is 4.18 Å². The van der Waals surface area contributed by atoms with Crippen LogP contribution in [-0.4, -0.2) is 14.9 Å². The second-order valence-electron chi connectivity index (χ2n) is 3.49. The third-order valence-corrected chi connectivity index (χ3v) is 2.56. The highest BCUT2D eigenvalue weighted by Crippen LogP contribution is 2.10. The van der Waals surface area contributed by atoms with Gasteiger partial charge in [0.2, 0.25) is 0 Å². The van der Waals surface area contributed by atoms with Gasteiger partial charge in [-0.2, -0.15) is 9.47 Å². The molecule has 0 amide bonds. The Hall–Kier alpha value is -0.440. The summed E-state index contributed by atoms with van der Waals surface area (Å²) in [6.07, 6.45) is 6.57. The average Bonchev–Trinajstić information content (AvgIpc) is 2.20. The highest BCUT2D eigenvalue weighted by atomic mass is 32.2. The molecule has 5 heteroatoms. The van der Waals surface area contributed by atoms with Gasteiger partial charge >= 0.3 is 11.4 Å². The first-order chi connectivity index (χ1) is 7.20. The number of nitrogens with zero attached hydrogens (tertiary/aromatic N) is 1. The molecule has 0 aliphatic rings. The summed E-state index contributed by atoms with van der Waals surface area (Å²) in [5, 5.41) is 8.60. The van der Waals surface area contributed by atoms with Crippen molar-refractivity contribution in [1.29, 1.82) is 5.26 Å². The van der Waals surface area contributed by atoms with Crippen molar-refractivity contribution in [3.8, 4) is 6.07 Å². The van der Waals surface area contributed by atoms with E-state index in [1.807, 2.05) is 6.07 Å². The molecule has 15 heavy (non-hydrogen) atoms. The SMILES string of the molecule is CCCCCCCCC(C#N)OS(=O)O. The Morgan fingerprint density at radius 2 is 1.93 bits per heavy atom. The second kappa shape index (κ2) is 10.1. The summed E-state index contributed by atoms with van der Waals surface area (Å²) in [5.74, 6) is 0. The normalized spacial score (nSPS) is 14.5. The van der Waals surface area contributed by atoms with E-state index in [0.29, 0.717) is 6.42 Å². The number of rotatable bonds is 9. The van der Waals surface area contributed by atoms with E-state index < -0.39 is 17.5 Å². The van der Waals surface area contributed by atoms with Crippen molar-refractivity contribution < 1.29 is 12.9 Å². The standard InChI is InChI=1S/C10H19NO3S/c1-2-3-4-5-6-7-8-10(9-11)14-15(12)13/h10H,2-8H2,1H3,(H,12,13). The summed E-state index contributed by atoms with van der Waals surface area (Å²) in [6.45, 7) is 2.16. The van der Waals surface area contributed by atoms with Gasteiger partial charge in [0.1, 0.15) is 0 Å². The van der Waals surface area contributed by atoms with Gasteiger partial charge in [-0.15, -0.1) is 0 Å². The van der Waals surface area contributed by atoms with Gasteiger partial charge in [-0.1, -0.05) is 39.0 Å². The molecule has 88 valence electrons. The zero-order valence-electron chi connectivity index (χ0n) is 9.15. The Bertz CT molecular complexity index is 215. The lowest BCUT2D eigenvalue weighted by Gasteiger charge is -2.06. The zero-order valence-corrected chi connectivity index (χ0v) is 9.96. The zero-order chi connectivity index (χ0) is 11.5. The van der Waals surface area contributed by atoms with Crippen molar-refractivity contribution in [2.75, 3.05) is 0 Å². The summed E-state index contributed by atoms with van der Waals surface area (Å²) in [7, 11) is 0. The third-order valence-electron chi connectivity index (χ3n) is 2.16. The van der Waals surface area contributed by atoms with Crippen LogP contribution in [0.1, 0.15) is 51.9 Å². The minimum absolute atomic E-state index is 0.537. The molecular weight excluding hydrogens is 214 g/mol. The maximum atomic E-state index is 10.3. The van der Waals surface area contributed by atoms with Gasteiger partial charge in [0.25, 0.3) is 0 Å². The monoisotopic (exact) mass is 233 g/mol. The van der Waals surface area contributed by atoms with Crippen LogP contribution in [0.15, 0.2) is 0 Å². The molecule has 0 rings (SSSR count). The quantitative estimate of drug-likeness (QED) is 0.491. The lowest BCUT2D eigenvalue weighted by atomic mass is 10.1. The van der Waals surface area contributed by atoms with E-state index in [0.717, 1.165) is 19.3 Å². The molecule has 0 saturated heterocycles. The fourth-order valence-electron chi connectivity index (χ4n) is 1.34. The molecule has 4 nitrogen and oxygen atoms in total. The first kappa shape index (κ1) is 14.6. The van der Waals surface area contributed by atoms with Crippen molar-refractivity contribution in [3.05, 3.63) is 0 Å². The molecule has 0 aromatic rings. The summed E-state index contributed by atoms with van der Waals surface area (Å²) in [6, 6.07) is 1.86. The van der Waals surface area contributed by atoms with Gasteiger partial charge < -0.3 is 0 Å². The number of hydrogen-bond donors (Lipinski definition) is 1. The lowest BCUT2D eigenvalue weighted by molar-refractivity contribution is 0.239. The Balaban J connectivity index is 3.39. The van der Waals surface area contributed by atoms with Crippen LogP contribution in [0.2, 0.25) is 0 Å². The van der Waals surface area contributed by atoms with Gasteiger partial charge in [0.15, 0.2) is 6.10 Å². The molecule has 0 aromatic heterocycles. The predicted molar refractivity (Wildman–Crippen MR) is 59.3 cm³/mol.